The van der Waals surface area contributed by atoms with Crippen LogP contribution in [0.25, 0.3) is 10.2 Å². The second kappa shape index (κ2) is 7.27. The molecule has 7 heteroatoms. The quantitative estimate of drug-likeness (QED) is 0.825. The van der Waals surface area contributed by atoms with Crippen molar-refractivity contribution in [2.45, 2.75) is 51.8 Å². The molecule has 2 aromatic heterocycles. The minimum atomic E-state index is -0.0344. The third kappa shape index (κ3) is 3.67. The van der Waals surface area contributed by atoms with Crippen LogP contribution in [0.2, 0.25) is 0 Å². The fraction of sp³-hybridized carbons (Fsp3) is 0.588. The van der Waals surface area contributed by atoms with Gasteiger partial charge < -0.3 is 10.3 Å². The zero-order valence-electron chi connectivity index (χ0n) is 14.3. The summed E-state index contributed by atoms with van der Waals surface area (Å²) >= 11 is 3.12. The maximum atomic E-state index is 12.4. The molecule has 0 radical (unpaired) electrons. The standard InChI is InChI=1S/C17H23N3O2S2/c1-9(2)10(3)18-14(21)8-23-7-13-19-16(22)15-11-5-4-6-12(11)24-17(15)20-13/h9-10H,4-8H2,1-3H3,(H,18,21)(H,19,20,22)/t10-/m1/s1. The number of aromatic amines is 1. The van der Waals surface area contributed by atoms with Gasteiger partial charge in [0.25, 0.3) is 5.56 Å². The van der Waals surface area contributed by atoms with Crippen LogP contribution in [0.1, 0.15) is 43.5 Å². The molecule has 0 bridgehead atoms. The Morgan fingerprint density at radius 1 is 1.38 bits per heavy atom. The Bertz CT molecular complexity index is 810. The number of aryl methyl sites for hydroxylation is 2. The lowest BCUT2D eigenvalue weighted by atomic mass is 10.1. The number of hydrogen-bond donors (Lipinski definition) is 2. The van der Waals surface area contributed by atoms with Crippen LogP contribution >= 0.6 is 23.1 Å². The fourth-order valence-corrected chi connectivity index (χ4v) is 4.80. The predicted molar refractivity (Wildman–Crippen MR) is 101 cm³/mol. The second-order valence-electron chi connectivity index (χ2n) is 6.64. The number of thioether (sulfide) groups is 1. The van der Waals surface area contributed by atoms with Gasteiger partial charge in [-0.05, 0) is 37.7 Å². The summed E-state index contributed by atoms with van der Waals surface area (Å²) in [5.74, 6) is 2.01. The van der Waals surface area contributed by atoms with E-state index in [0.29, 0.717) is 23.2 Å². The van der Waals surface area contributed by atoms with E-state index < -0.39 is 0 Å². The van der Waals surface area contributed by atoms with Crippen LogP contribution in [0.3, 0.4) is 0 Å². The lowest BCUT2D eigenvalue weighted by molar-refractivity contribution is -0.119. The molecular formula is C17H23N3O2S2. The van der Waals surface area contributed by atoms with Crippen LogP contribution < -0.4 is 10.9 Å². The summed E-state index contributed by atoms with van der Waals surface area (Å²) in [5.41, 5.74) is 1.16. The van der Waals surface area contributed by atoms with Crippen LogP contribution in [-0.2, 0) is 23.4 Å². The van der Waals surface area contributed by atoms with Crippen LogP contribution in [0.15, 0.2) is 4.79 Å². The molecule has 0 fully saturated rings. The first-order valence-corrected chi connectivity index (χ1v) is 10.3. The number of nitrogens with one attached hydrogen (secondary N) is 2. The third-order valence-corrected chi connectivity index (χ3v) is 6.61. The molecule has 0 aromatic carbocycles. The largest absolute Gasteiger partial charge is 0.353 e. The molecule has 1 aliphatic carbocycles. The van der Waals surface area contributed by atoms with E-state index in [-0.39, 0.29) is 17.5 Å². The summed E-state index contributed by atoms with van der Waals surface area (Å²) in [7, 11) is 0. The molecule has 0 spiro atoms. The number of fused-ring (bicyclic) bond motifs is 3. The van der Waals surface area contributed by atoms with E-state index in [4.69, 9.17) is 0 Å². The van der Waals surface area contributed by atoms with Crippen molar-refractivity contribution in [3.63, 3.8) is 0 Å². The molecule has 1 atom stereocenters. The number of carbonyl (C=O) groups is 1. The Labute approximate surface area is 149 Å². The van der Waals surface area contributed by atoms with Gasteiger partial charge in [0.05, 0.1) is 16.9 Å². The van der Waals surface area contributed by atoms with Crippen molar-refractivity contribution >= 4 is 39.2 Å². The lowest BCUT2D eigenvalue weighted by Crippen LogP contribution is -2.37. The van der Waals surface area contributed by atoms with Gasteiger partial charge in [-0.15, -0.1) is 23.1 Å². The monoisotopic (exact) mass is 365 g/mol. The van der Waals surface area contributed by atoms with Crippen LogP contribution in [-0.4, -0.2) is 27.7 Å². The highest BCUT2D eigenvalue weighted by Gasteiger charge is 2.21. The SMILES string of the molecule is CC(C)[C@@H](C)NC(=O)CSCc1nc2sc3c(c2c(=O)[nH]1)CCC3. The molecule has 1 aliphatic rings. The maximum Gasteiger partial charge on any atom is 0.259 e. The van der Waals surface area contributed by atoms with Crippen molar-refractivity contribution in [2.24, 2.45) is 5.92 Å². The summed E-state index contributed by atoms with van der Waals surface area (Å²) in [5, 5.41) is 3.76. The number of rotatable bonds is 6. The summed E-state index contributed by atoms with van der Waals surface area (Å²) in [4.78, 5) is 33.9. The van der Waals surface area contributed by atoms with E-state index in [1.54, 1.807) is 11.3 Å². The highest BCUT2D eigenvalue weighted by atomic mass is 32.2. The van der Waals surface area contributed by atoms with Gasteiger partial charge in [0.1, 0.15) is 10.7 Å². The molecular weight excluding hydrogens is 342 g/mol. The number of thiophene rings is 1. The second-order valence-corrected chi connectivity index (χ2v) is 8.71. The molecule has 2 heterocycles. The molecule has 0 aliphatic heterocycles. The third-order valence-electron chi connectivity index (χ3n) is 4.48. The van der Waals surface area contributed by atoms with Gasteiger partial charge >= 0.3 is 0 Å². The Morgan fingerprint density at radius 2 is 2.17 bits per heavy atom. The molecule has 0 saturated carbocycles. The Morgan fingerprint density at radius 3 is 2.92 bits per heavy atom. The van der Waals surface area contributed by atoms with Crippen LogP contribution in [0.5, 0.6) is 0 Å². The van der Waals surface area contributed by atoms with E-state index in [0.717, 1.165) is 29.5 Å². The summed E-state index contributed by atoms with van der Waals surface area (Å²) in [6.07, 6.45) is 3.19. The molecule has 0 saturated heterocycles. The molecule has 5 nitrogen and oxygen atoms in total. The molecule has 2 N–H and O–H groups in total. The van der Waals surface area contributed by atoms with Gasteiger partial charge in [-0.1, -0.05) is 13.8 Å². The number of hydrogen-bond acceptors (Lipinski definition) is 5. The highest BCUT2D eigenvalue weighted by molar-refractivity contribution is 7.99. The molecule has 1 amide bonds. The first-order valence-electron chi connectivity index (χ1n) is 8.36. The predicted octanol–water partition coefficient (Wildman–Crippen LogP) is 2.87. The zero-order chi connectivity index (χ0) is 17.3. The van der Waals surface area contributed by atoms with Gasteiger partial charge in [0.2, 0.25) is 5.91 Å². The first-order chi connectivity index (χ1) is 11.5. The lowest BCUT2D eigenvalue weighted by Gasteiger charge is -2.17. The zero-order valence-corrected chi connectivity index (χ0v) is 15.9. The van der Waals surface area contributed by atoms with Gasteiger partial charge in [-0.2, -0.15) is 0 Å². The molecule has 3 rings (SSSR count). The smallest absolute Gasteiger partial charge is 0.259 e. The minimum absolute atomic E-state index is 0.0275. The maximum absolute atomic E-state index is 12.4. The van der Waals surface area contributed by atoms with Gasteiger partial charge in [-0.25, -0.2) is 4.98 Å². The van der Waals surface area contributed by atoms with Gasteiger partial charge in [0, 0.05) is 10.9 Å². The summed E-state index contributed by atoms with van der Waals surface area (Å²) < 4.78 is 0. The first kappa shape index (κ1) is 17.5. The van der Waals surface area contributed by atoms with Crippen molar-refractivity contribution in [3.8, 4) is 0 Å². The summed E-state index contributed by atoms with van der Waals surface area (Å²) in [6, 6.07) is 0.167. The van der Waals surface area contributed by atoms with E-state index in [1.165, 1.54) is 22.2 Å². The van der Waals surface area contributed by atoms with Crippen molar-refractivity contribution in [3.05, 3.63) is 26.6 Å². The van der Waals surface area contributed by atoms with E-state index >= 15 is 0 Å². The average Bonchev–Trinajstić information content (AvgIpc) is 3.07. The van der Waals surface area contributed by atoms with Crippen LogP contribution in [0.4, 0.5) is 0 Å². The molecule has 24 heavy (non-hydrogen) atoms. The highest BCUT2D eigenvalue weighted by Crippen LogP contribution is 2.34. The average molecular weight is 366 g/mol. The number of amides is 1. The van der Waals surface area contributed by atoms with Crippen molar-refractivity contribution in [1.29, 1.82) is 0 Å². The number of nitrogens with zero attached hydrogens (tertiary/aromatic N) is 1. The van der Waals surface area contributed by atoms with E-state index in [1.807, 2.05) is 6.92 Å². The van der Waals surface area contributed by atoms with E-state index in [2.05, 4.69) is 29.1 Å². The summed E-state index contributed by atoms with van der Waals surface area (Å²) in [6.45, 7) is 6.18. The topological polar surface area (TPSA) is 74.8 Å². The Hall–Kier alpha value is -1.34. The van der Waals surface area contributed by atoms with E-state index in [9.17, 15) is 9.59 Å². The molecule has 130 valence electrons. The Kier molecular flexibility index (Phi) is 5.30. The minimum Gasteiger partial charge on any atom is -0.353 e. The van der Waals surface area contributed by atoms with Crippen molar-refractivity contribution in [1.82, 2.24) is 15.3 Å². The van der Waals surface area contributed by atoms with Gasteiger partial charge in [-0.3, -0.25) is 9.59 Å². The molecule has 2 aromatic rings. The van der Waals surface area contributed by atoms with Crippen molar-refractivity contribution < 1.29 is 4.79 Å². The fourth-order valence-electron chi connectivity index (χ4n) is 2.82. The van der Waals surface area contributed by atoms with Crippen LogP contribution in [0, 0.1) is 5.92 Å². The molecule has 0 unspecified atom stereocenters. The van der Waals surface area contributed by atoms with Gasteiger partial charge in [0.15, 0.2) is 0 Å². The number of H-pyrrole nitrogens is 1. The number of carbonyl (C=O) groups excluding carboxylic acids is 1. The number of aromatic nitrogens is 2. The normalized spacial score (nSPS) is 15.0. The Balaban J connectivity index is 1.62. The van der Waals surface area contributed by atoms with Crippen molar-refractivity contribution in [2.75, 3.05) is 5.75 Å².